The van der Waals surface area contributed by atoms with Crippen molar-refractivity contribution in [1.82, 2.24) is 10.2 Å². The van der Waals surface area contributed by atoms with E-state index >= 15 is 0 Å². The Hall–Kier alpha value is -0.590. The molecule has 1 heterocycles. The maximum Gasteiger partial charge on any atom is 0.0638 e. The largest absolute Gasteiger partial charge is 0.315 e. The van der Waals surface area contributed by atoms with Crippen molar-refractivity contribution in [3.63, 3.8) is 0 Å². The highest BCUT2D eigenvalue weighted by molar-refractivity contribution is 4.90. The fraction of sp³-hybridized carbons (Fsp3) is 0.917. The van der Waals surface area contributed by atoms with E-state index in [1.165, 1.54) is 0 Å². The van der Waals surface area contributed by atoms with Crippen LogP contribution in [-0.2, 0) is 0 Å². The van der Waals surface area contributed by atoms with Crippen molar-refractivity contribution in [3.05, 3.63) is 0 Å². The molecule has 1 unspecified atom stereocenters. The van der Waals surface area contributed by atoms with Gasteiger partial charge in [-0.3, -0.25) is 4.90 Å². The summed E-state index contributed by atoms with van der Waals surface area (Å²) in [4.78, 5) is 2.48. The third-order valence-corrected chi connectivity index (χ3v) is 2.97. The van der Waals surface area contributed by atoms with Crippen LogP contribution < -0.4 is 5.32 Å². The van der Waals surface area contributed by atoms with Crippen LogP contribution in [0.5, 0.6) is 0 Å². The van der Waals surface area contributed by atoms with Crippen LogP contribution in [0.15, 0.2) is 0 Å². The molecule has 0 bridgehead atoms. The molecule has 0 radical (unpaired) electrons. The first-order valence-corrected chi connectivity index (χ1v) is 5.91. The first kappa shape index (κ1) is 12.5. The van der Waals surface area contributed by atoms with Gasteiger partial charge < -0.3 is 5.32 Å². The van der Waals surface area contributed by atoms with E-state index in [0.29, 0.717) is 17.9 Å². The summed E-state index contributed by atoms with van der Waals surface area (Å²) in [5.74, 6) is 0. The zero-order valence-electron chi connectivity index (χ0n) is 10.2. The highest BCUT2D eigenvalue weighted by Crippen LogP contribution is 2.21. The Morgan fingerprint density at radius 3 is 2.87 bits per heavy atom. The van der Waals surface area contributed by atoms with Crippen molar-refractivity contribution in [2.24, 2.45) is 5.41 Å². The molecule has 1 N–H and O–H groups in total. The number of hydrogen-bond donors (Lipinski definition) is 1. The molecule has 0 aliphatic carbocycles. The Morgan fingerprint density at radius 1 is 1.53 bits per heavy atom. The average molecular weight is 209 g/mol. The van der Waals surface area contributed by atoms with Gasteiger partial charge in [0.25, 0.3) is 0 Å². The van der Waals surface area contributed by atoms with Gasteiger partial charge in [0, 0.05) is 25.7 Å². The van der Waals surface area contributed by atoms with Crippen molar-refractivity contribution >= 4 is 0 Å². The molecule has 1 aliphatic rings. The molecule has 1 atom stereocenters. The van der Waals surface area contributed by atoms with Crippen LogP contribution in [0, 0.1) is 16.7 Å². The van der Waals surface area contributed by atoms with E-state index in [9.17, 15) is 0 Å². The Morgan fingerprint density at radius 2 is 2.27 bits per heavy atom. The van der Waals surface area contributed by atoms with Gasteiger partial charge >= 0.3 is 0 Å². The molecule has 0 saturated carbocycles. The van der Waals surface area contributed by atoms with E-state index in [4.69, 9.17) is 5.26 Å². The first-order valence-electron chi connectivity index (χ1n) is 5.91. The van der Waals surface area contributed by atoms with Gasteiger partial charge in [0.05, 0.1) is 12.5 Å². The summed E-state index contributed by atoms with van der Waals surface area (Å²) in [5, 5.41) is 12.3. The Kier molecular flexibility index (Phi) is 4.56. The van der Waals surface area contributed by atoms with Crippen LogP contribution in [0.2, 0.25) is 0 Å². The van der Waals surface area contributed by atoms with Gasteiger partial charge in [0.15, 0.2) is 0 Å². The summed E-state index contributed by atoms with van der Waals surface area (Å²) in [6.07, 6.45) is 1.81. The summed E-state index contributed by atoms with van der Waals surface area (Å²) in [7, 11) is 0. The molecule has 3 nitrogen and oxygen atoms in total. The summed E-state index contributed by atoms with van der Waals surface area (Å²) >= 11 is 0. The van der Waals surface area contributed by atoms with Crippen molar-refractivity contribution < 1.29 is 0 Å². The first-order chi connectivity index (χ1) is 7.09. The lowest BCUT2D eigenvalue weighted by Crippen LogP contribution is -2.41. The van der Waals surface area contributed by atoms with E-state index in [-0.39, 0.29) is 0 Å². The molecule has 0 spiro atoms. The Labute approximate surface area is 93.5 Å². The van der Waals surface area contributed by atoms with Crippen molar-refractivity contribution in [2.45, 2.75) is 39.7 Å². The van der Waals surface area contributed by atoms with Crippen LogP contribution in [0.3, 0.4) is 0 Å². The number of rotatable bonds is 3. The summed E-state index contributed by atoms with van der Waals surface area (Å²) in [6.45, 7) is 11.0. The van der Waals surface area contributed by atoms with Crippen molar-refractivity contribution in [1.29, 1.82) is 5.26 Å². The molecule has 86 valence electrons. The smallest absolute Gasteiger partial charge is 0.0638 e. The van der Waals surface area contributed by atoms with Crippen LogP contribution >= 0.6 is 0 Å². The minimum Gasteiger partial charge on any atom is -0.315 e. The van der Waals surface area contributed by atoms with E-state index < -0.39 is 0 Å². The van der Waals surface area contributed by atoms with E-state index in [1.807, 2.05) is 0 Å². The van der Waals surface area contributed by atoms with E-state index in [0.717, 1.165) is 32.6 Å². The highest BCUT2D eigenvalue weighted by Gasteiger charge is 2.29. The molecule has 1 saturated heterocycles. The van der Waals surface area contributed by atoms with Gasteiger partial charge in [-0.25, -0.2) is 0 Å². The Balaban J connectivity index is 2.66. The zero-order valence-corrected chi connectivity index (χ0v) is 10.2. The molecule has 0 aromatic rings. The predicted molar refractivity (Wildman–Crippen MR) is 62.5 cm³/mol. The molecule has 0 aromatic heterocycles. The summed E-state index contributed by atoms with van der Waals surface area (Å²) < 4.78 is 0. The molecular weight excluding hydrogens is 186 g/mol. The summed E-state index contributed by atoms with van der Waals surface area (Å²) in [6, 6.07) is 2.70. The lowest BCUT2D eigenvalue weighted by molar-refractivity contribution is 0.158. The van der Waals surface area contributed by atoms with Gasteiger partial charge in [-0.1, -0.05) is 20.8 Å². The maximum atomic E-state index is 8.82. The van der Waals surface area contributed by atoms with Crippen LogP contribution in [0.1, 0.15) is 33.6 Å². The zero-order chi connectivity index (χ0) is 11.3. The van der Waals surface area contributed by atoms with Gasteiger partial charge in [-0.05, 0) is 18.4 Å². The molecular formula is C12H23N3. The number of nitrogens with zero attached hydrogens (tertiary/aromatic N) is 2. The number of nitriles is 1. The molecule has 1 fully saturated rings. The third-order valence-electron chi connectivity index (χ3n) is 2.97. The molecule has 0 aromatic carbocycles. The van der Waals surface area contributed by atoms with Crippen LogP contribution in [-0.4, -0.2) is 37.1 Å². The normalized spacial score (nSPS) is 26.9. The van der Waals surface area contributed by atoms with Gasteiger partial charge in [0.2, 0.25) is 0 Å². The standard InChI is InChI=1S/C12H23N3/c1-4-7-15-10-12(2,3)9-14-8-11(15)5-6-13/h11,14H,4-5,7-10H2,1-3H3. The average Bonchev–Trinajstić information content (AvgIpc) is 2.27. The second-order valence-electron chi connectivity index (χ2n) is 5.28. The lowest BCUT2D eigenvalue weighted by atomic mass is 9.93. The summed E-state index contributed by atoms with van der Waals surface area (Å²) in [5.41, 5.74) is 0.319. The minimum atomic E-state index is 0.319. The molecule has 15 heavy (non-hydrogen) atoms. The maximum absolute atomic E-state index is 8.82. The fourth-order valence-corrected chi connectivity index (χ4v) is 2.30. The minimum absolute atomic E-state index is 0.319. The van der Waals surface area contributed by atoms with Crippen molar-refractivity contribution in [3.8, 4) is 6.07 Å². The second-order valence-corrected chi connectivity index (χ2v) is 5.28. The van der Waals surface area contributed by atoms with Gasteiger partial charge in [-0.2, -0.15) is 5.26 Å². The second kappa shape index (κ2) is 5.48. The number of hydrogen-bond acceptors (Lipinski definition) is 3. The molecule has 1 rings (SSSR count). The molecule has 1 aliphatic heterocycles. The van der Waals surface area contributed by atoms with Crippen molar-refractivity contribution in [2.75, 3.05) is 26.2 Å². The van der Waals surface area contributed by atoms with E-state index in [2.05, 4.69) is 37.1 Å². The molecule has 3 heteroatoms. The molecule has 0 amide bonds. The third kappa shape index (κ3) is 3.81. The van der Waals surface area contributed by atoms with Crippen LogP contribution in [0.4, 0.5) is 0 Å². The van der Waals surface area contributed by atoms with E-state index in [1.54, 1.807) is 0 Å². The fourth-order valence-electron chi connectivity index (χ4n) is 2.30. The van der Waals surface area contributed by atoms with Crippen LogP contribution in [0.25, 0.3) is 0 Å². The highest BCUT2D eigenvalue weighted by atomic mass is 15.2. The lowest BCUT2D eigenvalue weighted by Gasteiger charge is -2.32. The quantitative estimate of drug-likeness (QED) is 0.767. The predicted octanol–water partition coefficient (Wildman–Crippen LogP) is 1.61. The Bertz CT molecular complexity index is 230. The van der Waals surface area contributed by atoms with Gasteiger partial charge in [0.1, 0.15) is 0 Å². The van der Waals surface area contributed by atoms with Gasteiger partial charge in [-0.15, -0.1) is 0 Å². The topological polar surface area (TPSA) is 39.1 Å². The SMILES string of the molecule is CCCN1CC(C)(C)CNCC1CC#N. The number of nitrogens with one attached hydrogen (secondary N) is 1. The monoisotopic (exact) mass is 209 g/mol.